The molecule has 1 aliphatic rings. The number of hydrogen-bond acceptors (Lipinski definition) is 2. The highest BCUT2D eigenvalue weighted by atomic mass is 19.1. The van der Waals surface area contributed by atoms with Crippen LogP contribution in [0.1, 0.15) is 57.1 Å². The topological polar surface area (TPSA) is 29.3 Å². The summed E-state index contributed by atoms with van der Waals surface area (Å²) in [5.41, 5.74) is 7.98. The fourth-order valence-corrected chi connectivity index (χ4v) is 3.05. The van der Waals surface area contributed by atoms with Gasteiger partial charge < -0.3 is 10.6 Å². The molecular formula is C16H25FN2. The first-order valence-corrected chi connectivity index (χ1v) is 7.37. The van der Waals surface area contributed by atoms with Crippen LogP contribution in [0.2, 0.25) is 0 Å². The summed E-state index contributed by atoms with van der Waals surface area (Å²) in [6, 6.07) is 5.41. The van der Waals surface area contributed by atoms with Gasteiger partial charge in [-0.3, -0.25) is 0 Å². The highest BCUT2D eigenvalue weighted by Gasteiger charge is 2.20. The zero-order valence-electron chi connectivity index (χ0n) is 12.0. The molecule has 1 unspecified atom stereocenters. The van der Waals surface area contributed by atoms with Crippen LogP contribution in [0.4, 0.5) is 10.1 Å². The van der Waals surface area contributed by atoms with Crippen LogP contribution >= 0.6 is 0 Å². The molecule has 1 saturated carbocycles. The maximum absolute atomic E-state index is 13.4. The van der Waals surface area contributed by atoms with Crippen LogP contribution in [-0.2, 0) is 0 Å². The second-order valence-electron chi connectivity index (χ2n) is 5.75. The lowest BCUT2D eigenvalue weighted by molar-refractivity contribution is 0.549. The Labute approximate surface area is 115 Å². The molecule has 0 amide bonds. The Balaban J connectivity index is 2.24. The van der Waals surface area contributed by atoms with Crippen molar-refractivity contribution in [3.8, 4) is 0 Å². The minimum absolute atomic E-state index is 0.140. The predicted molar refractivity (Wildman–Crippen MR) is 78.9 cm³/mol. The van der Waals surface area contributed by atoms with Crippen molar-refractivity contribution in [2.75, 3.05) is 11.9 Å². The van der Waals surface area contributed by atoms with Gasteiger partial charge in [0.2, 0.25) is 0 Å². The molecule has 3 heteroatoms. The third-order valence-corrected chi connectivity index (χ3v) is 4.23. The van der Waals surface area contributed by atoms with Gasteiger partial charge in [0.1, 0.15) is 5.82 Å². The maximum atomic E-state index is 13.4. The molecule has 0 aromatic heterocycles. The van der Waals surface area contributed by atoms with Gasteiger partial charge in [0.05, 0.1) is 0 Å². The van der Waals surface area contributed by atoms with Crippen LogP contribution in [0.5, 0.6) is 0 Å². The predicted octanol–water partition coefficient (Wildman–Crippen LogP) is 4.00. The van der Waals surface area contributed by atoms with Crippen molar-refractivity contribution < 1.29 is 4.39 Å². The van der Waals surface area contributed by atoms with Gasteiger partial charge in [-0.2, -0.15) is 0 Å². The van der Waals surface area contributed by atoms with Gasteiger partial charge in [-0.25, -0.2) is 4.39 Å². The molecule has 2 N–H and O–H groups in total. The van der Waals surface area contributed by atoms with Crippen molar-refractivity contribution in [3.05, 3.63) is 29.6 Å². The minimum Gasteiger partial charge on any atom is -0.371 e. The Hall–Kier alpha value is -1.09. The zero-order valence-corrected chi connectivity index (χ0v) is 12.0. The van der Waals surface area contributed by atoms with E-state index < -0.39 is 0 Å². The maximum Gasteiger partial charge on any atom is 0.123 e. The molecule has 0 spiro atoms. The Morgan fingerprint density at radius 3 is 2.42 bits per heavy atom. The van der Waals surface area contributed by atoms with Crippen LogP contribution in [0.15, 0.2) is 18.2 Å². The summed E-state index contributed by atoms with van der Waals surface area (Å²) in [6.07, 6.45) is 7.73. The first-order chi connectivity index (χ1) is 9.09. The van der Waals surface area contributed by atoms with Crippen LogP contribution in [0, 0.1) is 5.82 Å². The van der Waals surface area contributed by atoms with E-state index in [0.717, 1.165) is 11.3 Å². The normalized spacial score (nSPS) is 18.9. The van der Waals surface area contributed by atoms with Crippen molar-refractivity contribution in [2.24, 2.45) is 5.73 Å². The standard InChI is InChI=1S/C16H25FN2/c1-12(18)15-11-13(17)9-10-16(15)19(2)14-7-5-3-4-6-8-14/h9-12,14H,3-8,18H2,1-2H3. The van der Waals surface area contributed by atoms with E-state index in [0.29, 0.717) is 6.04 Å². The van der Waals surface area contributed by atoms with E-state index in [9.17, 15) is 4.39 Å². The number of rotatable bonds is 3. The second kappa shape index (κ2) is 6.38. The molecule has 0 radical (unpaired) electrons. The third kappa shape index (κ3) is 3.47. The Morgan fingerprint density at radius 2 is 1.84 bits per heavy atom. The van der Waals surface area contributed by atoms with Crippen LogP contribution < -0.4 is 10.6 Å². The van der Waals surface area contributed by atoms with Gasteiger partial charge in [-0.15, -0.1) is 0 Å². The highest BCUT2D eigenvalue weighted by Crippen LogP contribution is 2.30. The lowest BCUT2D eigenvalue weighted by Crippen LogP contribution is -2.32. The van der Waals surface area contributed by atoms with Gasteiger partial charge in [-0.05, 0) is 43.5 Å². The molecule has 0 bridgehead atoms. The summed E-state index contributed by atoms with van der Waals surface area (Å²) in [5, 5.41) is 0. The molecule has 1 aromatic rings. The summed E-state index contributed by atoms with van der Waals surface area (Å²) in [4.78, 5) is 2.31. The zero-order chi connectivity index (χ0) is 13.8. The molecule has 19 heavy (non-hydrogen) atoms. The van der Waals surface area contributed by atoms with Gasteiger partial charge in [0, 0.05) is 24.8 Å². The quantitative estimate of drug-likeness (QED) is 0.836. The van der Waals surface area contributed by atoms with Crippen LogP contribution in [0.3, 0.4) is 0 Å². The Bertz CT molecular complexity index is 409. The lowest BCUT2D eigenvalue weighted by atomic mass is 10.0. The first-order valence-electron chi connectivity index (χ1n) is 7.37. The van der Waals surface area contributed by atoms with Gasteiger partial charge in [0.25, 0.3) is 0 Å². The van der Waals surface area contributed by atoms with E-state index in [4.69, 9.17) is 5.73 Å². The first kappa shape index (κ1) is 14.3. The van der Waals surface area contributed by atoms with E-state index in [2.05, 4.69) is 11.9 Å². The van der Waals surface area contributed by atoms with E-state index in [1.807, 2.05) is 13.0 Å². The highest BCUT2D eigenvalue weighted by molar-refractivity contribution is 5.55. The van der Waals surface area contributed by atoms with E-state index in [1.165, 1.54) is 44.6 Å². The van der Waals surface area contributed by atoms with Crippen molar-refractivity contribution in [1.29, 1.82) is 0 Å². The molecule has 1 atom stereocenters. The van der Waals surface area contributed by atoms with E-state index >= 15 is 0 Å². The summed E-state index contributed by atoms with van der Waals surface area (Å²) in [5.74, 6) is -0.203. The van der Waals surface area contributed by atoms with E-state index in [-0.39, 0.29) is 11.9 Å². The van der Waals surface area contributed by atoms with Gasteiger partial charge >= 0.3 is 0 Å². The van der Waals surface area contributed by atoms with Gasteiger partial charge in [-0.1, -0.05) is 25.7 Å². The molecule has 1 aliphatic carbocycles. The average Bonchev–Trinajstić information content (AvgIpc) is 2.66. The van der Waals surface area contributed by atoms with Crippen molar-refractivity contribution in [2.45, 2.75) is 57.5 Å². The largest absolute Gasteiger partial charge is 0.371 e. The monoisotopic (exact) mass is 264 g/mol. The molecule has 0 heterocycles. The molecule has 1 fully saturated rings. The van der Waals surface area contributed by atoms with Crippen molar-refractivity contribution in [3.63, 3.8) is 0 Å². The Kier molecular flexibility index (Phi) is 4.81. The summed E-state index contributed by atoms with van der Waals surface area (Å²) in [7, 11) is 2.12. The summed E-state index contributed by atoms with van der Waals surface area (Å²) >= 11 is 0. The Morgan fingerprint density at radius 1 is 1.21 bits per heavy atom. The molecule has 0 aliphatic heterocycles. The third-order valence-electron chi connectivity index (χ3n) is 4.23. The number of halogens is 1. The number of nitrogens with zero attached hydrogens (tertiary/aromatic N) is 1. The average molecular weight is 264 g/mol. The molecule has 106 valence electrons. The molecule has 1 aromatic carbocycles. The summed E-state index contributed by atoms with van der Waals surface area (Å²) in [6.45, 7) is 1.92. The lowest BCUT2D eigenvalue weighted by Gasteiger charge is -2.32. The van der Waals surface area contributed by atoms with E-state index in [1.54, 1.807) is 6.07 Å². The summed E-state index contributed by atoms with van der Waals surface area (Å²) < 4.78 is 13.4. The number of nitrogens with two attached hydrogens (primary N) is 1. The fraction of sp³-hybridized carbons (Fsp3) is 0.625. The fourth-order valence-electron chi connectivity index (χ4n) is 3.05. The molecule has 2 nitrogen and oxygen atoms in total. The molecule has 2 rings (SSSR count). The van der Waals surface area contributed by atoms with Crippen LogP contribution in [-0.4, -0.2) is 13.1 Å². The second-order valence-corrected chi connectivity index (χ2v) is 5.75. The number of anilines is 1. The number of benzene rings is 1. The number of hydrogen-bond donors (Lipinski definition) is 1. The molecular weight excluding hydrogens is 239 g/mol. The minimum atomic E-state index is -0.203. The van der Waals surface area contributed by atoms with Gasteiger partial charge in [0.15, 0.2) is 0 Å². The smallest absolute Gasteiger partial charge is 0.123 e. The van der Waals surface area contributed by atoms with Crippen LogP contribution in [0.25, 0.3) is 0 Å². The van der Waals surface area contributed by atoms with Crippen molar-refractivity contribution >= 4 is 5.69 Å². The van der Waals surface area contributed by atoms with Crippen molar-refractivity contribution in [1.82, 2.24) is 0 Å². The SMILES string of the molecule is CC(N)c1cc(F)ccc1N(C)C1CCCCCC1. The molecule has 0 saturated heterocycles.